The van der Waals surface area contributed by atoms with Crippen LogP contribution >= 0.6 is 11.8 Å². The summed E-state index contributed by atoms with van der Waals surface area (Å²) in [5.74, 6) is 0.441. The largest absolute Gasteiger partial charge is 0.416 e. The molecule has 2 heterocycles. The Morgan fingerprint density at radius 2 is 2.00 bits per heavy atom. The molecule has 0 radical (unpaired) electrons. The van der Waals surface area contributed by atoms with Crippen molar-refractivity contribution in [3.05, 3.63) is 41.5 Å². The summed E-state index contributed by atoms with van der Waals surface area (Å²) < 4.78 is 44.9. The van der Waals surface area contributed by atoms with Gasteiger partial charge >= 0.3 is 6.18 Å². The SMILES string of the molecule is C=C(C)[C@]1(C(=O)N2CSc3ccc(C(F)(F)F)cc3C2)CC[C@@H](NC2CCOCC2)C1. The quantitative estimate of drug-likeness (QED) is 0.652. The number of carbonyl (C=O) groups is 1. The predicted octanol–water partition coefficient (Wildman–Crippen LogP) is 4.98. The molecule has 170 valence electrons. The van der Waals surface area contributed by atoms with Gasteiger partial charge in [0.05, 0.1) is 16.9 Å². The highest BCUT2D eigenvalue weighted by molar-refractivity contribution is 7.99. The van der Waals surface area contributed by atoms with Crippen LogP contribution in [0.3, 0.4) is 0 Å². The molecule has 4 rings (SSSR count). The van der Waals surface area contributed by atoms with Gasteiger partial charge in [-0.05, 0) is 62.8 Å². The fourth-order valence-electron chi connectivity index (χ4n) is 5.00. The molecule has 1 amide bonds. The van der Waals surface area contributed by atoms with Gasteiger partial charge in [0.15, 0.2) is 0 Å². The van der Waals surface area contributed by atoms with Crippen molar-refractivity contribution in [2.24, 2.45) is 5.41 Å². The van der Waals surface area contributed by atoms with Gasteiger partial charge in [0.25, 0.3) is 0 Å². The van der Waals surface area contributed by atoms with Gasteiger partial charge in [0, 0.05) is 36.7 Å². The van der Waals surface area contributed by atoms with Gasteiger partial charge in [-0.25, -0.2) is 0 Å². The van der Waals surface area contributed by atoms with Crippen LogP contribution in [0.5, 0.6) is 0 Å². The first kappa shape index (κ1) is 22.7. The predicted molar refractivity (Wildman–Crippen MR) is 115 cm³/mol. The molecule has 0 spiro atoms. The summed E-state index contributed by atoms with van der Waals surface area (Å²) in [5, 5.41) is 3.70. The Kier molecular flexibility index (Phi) is 6.43. The second-order valence-corrected chi connectivity index (χ2v) is 9.94. The number of hydrogen-bond donors (Lipinski definition) is 1. The molecular weight excluding hydrogens is 425 g/mol. The molecule has 0 unspecified atom stereocenters. The van der Waals surface area contributed by atoms with E-state index in [4.69, 9.17) is 4.74 Å². The van der Waals surface area contributed by atoms with Crippen LogP contribution in [0.1, 0.15) is 50.2 Å². The zero-order chi connectivity index (χ0) is 22.2. The van der Waals surface area contributed by atoms with E-state index >= 15 is 0 Å². The van der Waals surface area contributed by atoms with Gasteiger partial charge in [-0.2, -0.15) is 13.2 Å². The number of fused-ring (bicyclic) bond motifs is 1. The van der Waals surface area contributed by atoms with Gasteiger partial charge in [-0.1, -0.05) is 12.2 Å². The standard InChI is InChI=1S/C23H29F3N2O2S/c1-15(2)22(8-5-19(12-22)27-18-6-9-30-10-7-18)21(29)28-13-16-11-17(23(24,25)26)3-4-20(16)31-14-28/h3-4,11,18-19,27H,1,5-10,12-14H2,2H3/t19-,22+/m1/s1. The minimum Gasteiger partial charge on any atom is -0.381 e. The lowest BCUT2D eigenvalue weighted by Gasteiger charge is -2.38. The molecular formula is C23H29F3N2O2S. The summed E-state index contributed by atoms with van der Waals surface area (Å²) in [5.41, 5.74) is 0.0832. The van der Waals surface area contributed by atoms with Crippen LogP contribution in [0, 0.1) is 5.41 Å². The lowest BCUT2D eigenvalue weighted by Crippen LogP contribution is -2.46. The first-order valence-electron chi connectivity index (χ1n) is 10.8. The summed E-state index contributed by atoms with van der Waals surface area (Å²) in [4.78, 5) is 16.2. The van der Waals surface area contributed by atoms with E-state index in [0.717, 1.165) is 55.4 Å². The summed E-state index contributed by atoms with van der Waals surface area (Å²) in [6.07, 6.45) is -0.129. The van der Waals surface area contributed by atoms with Gasteiger partial charge in [-0.3, -0.25) is 4.79 Å². The number of alkyl halides is 3. The lowest BCUT2D eigenvalue weighted by atomic mass is 9.78. The number of benzene rings is 1. The number of ether oxygens (including phenoxy) is 1. The third kappa shape index (κ3) is 4.66. The van der Waals surface area contributed by atoms with E-state index in [2.05, 4.69) is 11.9 Å². The Hall–Kier alpha value is -1.51. The number of rotatable bonds is 4. The first-order chi connectivity index (χ1) is 14.7. The number of thioether (sulfide) groups is 1. The van der Waals surface area contributed by atoms with Crippen molar-refractivity contribution >= 4 is 17.7 Å². The second kappa shape index (κ2) is 8.79. The molecule has 1 aliphatic carbocycles. The van der Waals surface area contributed by atoms with E-state index in [1.54, 1.807) is 4.90 Å². The van der Waals surface area contributed by atoms with Crippen molar-refractivity contribution in [1.29, 1.82) is 0 Å². The van der Waals surface area contributed by atoms with Crippen LogP contribution in [0.25, 0.3) is 0 Å². The number of nitrogens with zero attached hydrogens (tertiary/aromatic N) is 1. The van der Waals surface area contributed by atoms with Crippen LogP contribution in [-0.2, 0) is 22.3 Å². The number of nitrogens with one attached hydrogen (secondary N) is 1. The molecule has 8 heteroatoms. The average molecular weight is 455 g/mol. The van der Waals surface area contributed by atoms with Gasteiger partial charge in [0.1, 0.15) is 0 Å². The number of halogens is 3. The van der Waals surface area contributed by atoms with Crippen molar-refractivity contribution < 1.29 is 22.7 Å². The van der Waals surface area contributed by atoms with E-state index in [1.807, 2.05) is 6.92 Å². The zero-order valence-electron chi connectivity index (χ0n) is 17.8. The Morgan fingerprint density at radius 3 is 2.68 bits per heavy atom. The molecule has 1 saturated carbocycles. The molecule has 0 bridgehead atoms. The minimum atomic E-state index is -4.39. The van der Waals surface area contributed by atoms with Crippen molar-refractivity contribution in [3.63, 3.8) is 0 Å². The van der Waals surface area contributed by atoms with Crippen molar-refractivity contribution in [3.8, 4) is 0 Å². The van der Waals surface area contributed by atoms with Crippen LogP contribution in [0.2, 0.25) is 0 Å². The normalized spacial score (nSPS) is 27.2. The number of amides is 1. The van der Waals surface area contributed by atoms with Gasteiger partial charge < -0.3 is 15.0 Å². The van der Waals surface area contributed by atoms with Crippen molar-refractivity contribution in [1.82, 2.24) is 10.2 Å². The fourth-order valence-corrected chi connectivity index (χ4v) is 5.98. The molecule has 2 fully saturated rings. The molecule has 0 aromatic heterocycles. The van der Waals surface area contributed by atoms with Crippen LogP contribution in [0.15, 0.2) is 35.2 Å². The van der Waals surface area contributed by atoms with E-state index < -0.39 is 17.2 Å². The van der Waals surface area contributed by atoms with E-state index in [1.165, 1.54) is 23.9 Å². The highest BCUT2D eigenvalue weighted by atomic mass is 32.2. The van der Waals surface area contributed by atoms with E-state index in [-0.39, 0.29) is 18.5 Å². The Bertz CT molecular complexity index is 854. The van der Waals surface area contributed by atoms with Gasteiger partial charge in [-0.15, -0.1) is 11.8 Å². The van der Waals surface area contributed by atoms with Gasteiger partial charge in [0.2, 0.25) is 5.91 Å². The first-order valence-corrected chi connectivity index (χ1v) is 11.8. The molecule has 2 atom stereocenters. The second-order valence-electron chi connectivity index (χ2n) is 8.95. The molecule has 1 aromatic carbocycles. The Labute approximate surface area is 185 Å². The lowest BCUT2D eigenvalue weighted by molar-refractivity contribution is -0.139. The highest BCUT2D eigenvalue weighted by Crippen LogP contribution is 2.47. The maximum atomic E-state index is 13.7. The third-order valence-corrected chi connectivity index (χ3v) is 8.00. The highest BCUT2D eigenvalue weighted by Gasteiger charge is 2.48. The smallest absolute Gasteiger partial charge is 0.381 e. The van der Waals surface area contributed by atoms with Crippen molar-refractivity contribution in [2.45, 2.75) is 68.7 Å². The van der Waals surface area contributed by atoms with Crippen LogP contribution in [-0.4, -0.2) is 42.0 Å². The molecule has 1 N–H and O–H groups in total. The minimum absolute atomic E-state index is 0.00756. The molecule has 4 nitrogen and oxygen atoms in total. The maximum absolute atomic E-state index is 13.7. The summed E-state index contributed by atoms with van der Waals surface area (Å²) in [6, 6.07) is 4.46. The molecule has 1 aromatic rings. The topological polar surface area (TPSA) is 41.6 Å². The summed E-state index contributed by atoms with van der Waals surface area (Å²) in [6.45, 7) is 7.78. The monoisotopic (exact) mass is 454 g/mol. The van der Waals surface area contributed by atoms with Crippen LogP contribution < -0.4 is 5.32 Å². The summed E-state index contributed by atoms with van der Waals surface area (Å²) >= 11 is 1.42. The Morgan fingerprint density at radius 1 is 1.26 bits per heavy atom. The third-order valence-electron chi connectivity index (χ3n) is 6.85. The summed E-state index contributed by atoms with van der Waals surface area (Å²) in [7, 11) is 0. The number of carbonyl (C=O) groups excluding carboxylic acids is 1. The average Bonchev–Trinajstić information content (AvgIpc) is 3.17. The van der Waals surface area contributed by atoms with Crippen LogP contribution in [0.4, 0.5) is 13.2 Å². The molecule has 3 aliphatic rings. The molecule has 1 saturated heterocycles. The number of hydrogen-bond acceptors (Lipinski definition) is 4. The zero-order valence-corrected chi connectivity index (χ0v) is 18.6. The fraction of sp³-hybridized carbons (Fsp3) is 0.609. The maximum Gasteiger partial charge on any atom is 0.416 e. The van der Waals surface area contributed by atoms with E-state index in [9.17, 15) is 18.0 Å². The van der Waals surface area contributed by atoms with E-state index in [0.29, 0.717) is 23.9 Å². The Balaban J connectivity index is 1.49. The molecule has 2 aliphatic heterocycles. The van der Waals surface area contributed by atoms with Crippen molar-refractivity contribution in [2.75, 3.05) is 19.1 Å². The molecule has 31 heavy (non-hydrogen) atoms.